The normalized spacial score (nSPS) is 12.8. The predicted octanol–water partition coefficient (Wildman–Crippen LogP) is 18.4. The number of nitrogens with one attached hydrogen (secondary N) is 1. The molecule has 0 aliphatic heterocycles. The fraction of sp³-hybridized carbons (Fsp3) is 0.869. The van der Waals surface area contributed by atoms with Crippen LogP contribution >= 0.6 is 0 Å². The zero-order chi connectivity index (χ0) is 48.6. The fourth-order valence-corrected chi connectivity index (χ4v) is 9.08. The lowest BCUT2D eigenvalue weighted by molar-refractivity contribution is -0.143. The van der Waals surface area contributed by atoms with Gasteiger partial charge in [-0.05, 0) is 89.9 Å². The third-order valence-electron chi connectivity index (χ3n) is 13.7. The second-order valence-corrected chi connectivity index (χ2v) is 20.3. The van der Waals surface area contributed by atoms with E-state index >= 15 is 0 Å². The molecule has 0 aromatic heterocycles. The van der Waals surface area contributed by atoms with Gasteiger partial charge in [0.25, 0.3) is 0 Å². The molecule has 6 heteroatoms. The molecule has 0 aromatic carbocycles. The Morgan fingerprint density at radius 3 is 1.18 bits per heavy atom. The average Bonchev–Trinajstić information content (AvgIpc) is 3.33. The Kier molecular flexibility index (Phi) is 55.0. The van der Waals surface area contributed by atoms with Crippen LogP contribution in [0.25, 0.3) is 0 Å². The predicted molar refractivity (Wildman–Crippen MR) is 292 cm³/mol. The zero-order valence-corrected chi connectivity index (χ0v) is 44.9. The number of hydrogen-bond donors (Lipinski definition) is 3. The van der Waals surface area contributed by atoms with E-state index in [0.717, 1.165) is 83.5 Å². The zero-order valence-electron chi connectivity index (χ0n) is 44.9. The molecule has 0 fully saturated rings. The number of rotatable bonds is 55. The number of aliphatic hydroxyl groups is 2. The first kappa shape index (κ1) is 65.1. The highest BCUT2D eigenvalue weighted by Gasteiger charge is 2.20. The largest absolute Gasteiger partial charge is 0.466 e. The molecule has 0 aliphatic rings. The number of esters is 1. The van der Waals surface area contributed by atoms with Gasteiger partial charge in [0.2, 0.25) is 5.91 Å². The topological polar surface area (TPSA) is 95.9 Å². The van der Waals surface area contributed by atoms with Gasteiger partial charge in [-0.2, -0.15) is 0 Å². The second-order valence-electron chi connectivity index (χ2n) is 20.3. The van der Waals surface area contributed by atoms with E-state index in [1.54, 1.807) is 0 Å². The number of hydrogen-bond acceptors (Lipinski definition) is 5. The summed E-state index contributed by atoms with van der Waals surface area (Å²) < 4.78 is 5.46. The number of ether oxygens (including phenoxy) is 1. The molecule has 67 heavy (non-hydrogen) atoms. The van der Waals surface area contributed by atoms with Crippen LogP contribution in [0, 0.1) is 0 Å². The number of allylic oxidation sites excluding steroid dienone is 6. The van der Waals surface area contributed by atoms with Crippen LogP contribution in [0.2, 0.25) is 0 Å². The molecular weight excluding hydrogens is 827 g/mol. The summed E-state index contributed by atoms with van der Waals surface area (Å²) in [5.74, 6) is -0.0891. The van der Waals surface area contributed by atoms with Gasteiger partial charge < -0.3 is 20.3 Å². The molecule has 0 rings (SSSR count). The first-order valence-electron chi connectivity index (χ1n) is 29.7. The highest BCUT2D eigenvalue weighted by Crippen LogP contribution is 2.17. The molecule has 0 saturated carbocycles. The molecule has 0 heterocycles. The Morgan fingerprint density at radius 2 is 0.746 bits per heavy atom. The van der Waals surface area contributed by atoms with Crippen molar-refractivity contribution >= 4 is 11.9 Å². The first-order chi connectivity index (χ1) is 33.0. The summed E-state index contributed by atoms with van der Waals surface area (Å²) in [6, 6.07) is -0.562. The van der Waals surface area contributed by atoms with Crippen LogP contribution in [0.1, 0.15) is 316 Å². The Morgan fingerprint density at radius 1 is 0.418 bits per heavy atom. The van der Waals surface area contributed by atoms with Gasteiger partial charge in [-0.1, -0.05) is 249 Å². The van der Waals surface area contributed by atoms with Crippen molar-refractivity contribution < 1.29 is 24.5 Å². The van der Waals surface area contributed by atoms with Gasteiger partial charge in [0, 0.05) is 12.8 Å². The number of aliphatic hydroxyl groups excluding tert-OH is 2. The molecule has 3 N–H and O–H groups in total. The van der Waals surface area contributed by atoms with Gasteiger partial charge in [-0.15, -0.1) is 0 Å². The highest BCUT2D eigenvalue weighted by molar-refractivity contribution is 5.76. The lowest BCUT2D eigenvalue weighted by Gasteiger charge is -2.22. The molecule has 2 unspecified atom stereocenters. The van der Waals surface area contributed by atoms with E-state index < -0.39 is 12.1 Å². The smallest absolute Gasteiger partial charge is 0.305 e. The minimum absolute atomic E-state index is 0.0300. The van der Waals surface area contributed by atoms with Crippen LogP contribution in [-0.4, -0.2) is 47.4 Å². The van der Waals surface area contributed by atoms with E-state index in [4.69, 9.17) is 4.74 Å². The van der Waals surface area contributed by atoms with Crippen molar-refractivity contribution in [3.63, 3.8) is 0 Å². The summed E-state index contributed by atoms with van der Waals surface area (Å²) in [5.41, 5.74) is 0. The van der Waals surface area contributed by atoms with Gasteiger partial charge in [0.05, 0.1) is 25.4 Å². The van der Waals surface area contributed by atoms with E-state index in [2.05, 4.69) is 55.6 Å². The Labute approximate surface area is 417 Å². The summed E-state index contributed by atoms with van der Waals surface area (Å²) in [7, 11) is 0. The molecule has 0 aromatic rings. The third-order valence-corrected chi connectivity index (χ3v) is 13.7. The van der Waals surface area contributed by atoms with Crippen LogP contribution in [0.15, 0.2) is 36.5 Å². The molecular formula is C61H115NO5. The standard InChI is InChI=1S/C61H115NO5/c1-3-5-7-9-11-13-15-17-19-21-22-23-24-26-27-29-33-37-41-45-49-53-59(64)58(57-63)62-60(65)54-50-46-42-38-34-31-32-36-40-44-48-52-56-67-61(66)55-51-47-43-39-35-30-28-25-20-18-16-14-12-10-8-6-4-2/h12,14,18,20,32,36,58-59,63-64H,3-11,13,15-17,19,21-31,33-35,37-57H2,1-2H3,(H,62,65)/b14-12-,20-18-,36-32-. The summed E-state index contributed by atoms with van der Waals surface area (Å²) in [6.07, 6.45) is 69.9. The van der Waals surface area contributed by atoms with Crippen LogP contribution in [0.5, 0.6) is 0 Å². The minimum Gasteiger partial charge on any atom is -0.466 e. The maximum Gasteiger partial charge on any atom is 0.305 e. The van der Waals surface area contributed by atoms with Gasteiger partial charge >= 0.3 is 5.97 Å². The van der Waals surface area contributed by atoms with Crippen molar-refractivity contribution in [1.82, 2.24) is 5.32 Å². The van der Waals surface area contributed by atoms with E-state index in [0.29, 0.717) is 25.9 Å². The van der Waals surface area contributed by atoms with Gasteiger partial charge in [-0.3, -0.25) is 9.59 Å². The van der Waals surface area contributed by atoms with Crippen LogP contribution in [0.4, 0.5) is 0 Å². The Balaban J connectivity index is 3.50. The minimum atomic E-state index is -0.682. The molecule has 1 amide bonds. The van der Waals surface area contributed by atoms with E-state index in [1.807, 2.05) is 0 Å². The molecule has 0 aliphatic carbocycles. The van der Waals surface area contributed by atoms with Gasteiger partial charge in [0.1, 0.15) is 0 Å². The molecule has 0 bridgehead atoms. The van der Waals surface area contributed by atoms with Crippen molar-refractivity contribution in [1.29, 1.82) is 0 Å². The van der Waals surface area contributed by atoms with Crippen molar-refractivity contribution in [3.05, 3.63) is 36.5 Å². The van der Waals surface area contributed by atoms with Crippen LogP contribution in [0.3, 0.4) is 0 Å². The third kappa shape index (κ3) is 53.3. The Bertz CT molecular complexity index is 1090. The fourth-order valence-electron chi connectivity index (χ4n) is 9.08. The monoisotopic (exact) mass is 942 g/mol. The first-order valence-corrected chi connectivity index (χ1v) is 29.7. The molecule has 0 saturated heterocycles. The second kappa shape index (κ2) is 56.7. The molecule has 2 atom stereocenters. The van der Waals surface area contributed by atoms with Crippen molar-refractivity contribution in [3.8, 4) is 0 Å². The lowest BCUT2D eigenvalue weighted by Crippen LogP contribution is -2.45. The number of carbonyl (C=O) groups excluding carboxylic acids is 2. The van der Waals surface area contributed by atoms with Crippen molar-refractivity contribution in [2.24, 2.45) is 0 Å². The van der Waals surface area contributed by atoms with E-state index in [1.165, 1.54) is 199 Å². The molecule has 6 nitrogen and oxygen atoms in total. The maximum absolute atomic E-state index is 12.5. The van der Waals surface area contributed by atoms with Crippen molar-refractivity contribution in [2.45, 2.75) is 328 Å². The molecule has 0 radical (unpaired) electrons. The summed E-state index contributed by atoms with van der Waals surface area (Å²) in [4.78, 5) is 24.6. The average molecular weight is 943 g/mol. The summed E-state index contributed by atoms with van der Waals surface area (Å²) in [6.45, 7) is 4.88. The van der Waals surface area contributed by atoms with Crippen molar-refractivity contribution in [2.75, 3.05) is 13.2 Å². The quantitative estimate of drug-likeness (QED) is 0.0321. The van der Waals surface area contributed by atoms with Gasteiger partial charge in [-0.25, -0.2) is 0 Å². The molecule has 0 spiro atoms. The summed E-state index contributed by atoms with van der Waals surface area (Å²) in [5, 5.41) is 23.3. The van der Waals surface area contributed by atoms with Crippen LogP contribution < -0.4 is 5.32 Å². The van der Waals surface area contributed by atoms with Crippen LogP contribution in [-0.2, 0) is 14.3 Å². The van der Waals surface area contributed by atoms with Gasteiger partial charge in [0.15, 0.2) is 0 Å². The summed E-state index contributed by atoms with van der Waals surface area (Å²) >= 11 is 0. The highest BCUT2D eigenvalue weighted by atomic mass is 16.5. The lowest BCUT2D eigenvalue weighted by atomic mass is 10.0. The number of amides is 1. The van der Waals surface area contributed by atoms with E-state index in [9.17, 15) is 19.8 Å². The maximum atomic E-state index is 12.5. The SMILES string of the molecule is CCCCC/C=C\C/C=C\CCCCCCCCCC(=O)OCCCCC/C=C\CCCCCCCC(=O)NC(CO)C(O)CCCCCCCCCCCCCCCCCCCCCCC. The van der Waals surface area contributed by atoms with E-state index in [-0.39, 0.29) is 18.5 Å². The number of unbranched alkanes of at least 4 members (excludes halogenated alkanes) is 38. The number of carbonyl (C=O) groups is 2. The Hall–Kier alpha value is -1.92. The molecule has 394 valence electrons.